The molecule has 0 rings (SSSR count). The van der Waals surface area contributed by atoms with E-state index in [1.54, 1.807) is 20.8 Å². The number of hydrogen-bond acceptors (Lipinski definition) is 5. The van der Waals surface area contributed by atoms with E-state index in [0.717, 1.165) is 0 Å². The van der Waals surface area contributed by atoms with Gasteiger partial charge in [0.05, 0.1) is 12.2 Å². The van der Waals surface area contributed by atoms with Gasteiger partial charge in [-0.3, -0.25) is 4.79 Å². The average molecular weight is 221 g/mol. The zero-order chi connectivity index (χ0) is 11.2. The lowest BCUT2D eigenvalue weighted by atomic mass is 10.2. The van der Waals surface area contributed by atoms with Gasteiger partial charge in [-0.1, -0.05) is 0 Å². The number of carbonyl (C=O) groups is 1. The first-order chi connectivity index (χ1) is 6.37. The number of esters is 1. The molecule has 4 nitrogen and oxygen atoms in total. The summed E-state index contributed by atoms with van der Waals surface area (Å²) >= 11 is 1.45. The zero-order valence-corrected chi connectivity index (χ0v) is 9.76. The van der Waals surface area contributed by atoms with Crippen LogP contribution in [0.25, 0.3) is 0 Å². The number of rotatable bonds is 6. The van der Waals surface area contributed by atoms with Crippen LogP contribution in [0.5, 0.6) is 0 Å². The molecular weight excluding hydrogens is 202 g/mol. The molecule has 0 fully saturated rings. The lowest BCUT2D eigenvalue weighted by Crippen LogP contribution is -2.35. The van der Waals surface area contributed by atoms with Gasteiger partial charge in [0.25, 0.3) is 0 Å². The Labute approximate surface area is 89.2 Å². The SMILES string of the molecule is CCOC(=O)C(N)CSCC(C)(C)O. The Morgan fingerprint density at radius 1 is 1.64 bits per heavy atom. The highest BCUT2D eigenvalue weighted by atomic mass is 32.2. The van der Waals surface area contributed by atoms with Gasteiger partial charge < -0.3 is 15.6 Å². The third-order valence-electron chi connectivity index (χ3n) is 1.34. The van der Waals surface area contributed by atoms with Gasteiger partial charge in [0.1, 0.15) is 6.04 Å². The van der Waals surface area contributed by atoms with Crippen LogP contribution < -0.4 is 5.73 Å². The molecule has 3 N–H and O–H groups in total. The van der Waals surface area contributed by atoms with Crippen LogP contribution in [0.1, 0.15) is 20.8 Å². The molecule has 0 aliphatic carbocycles. The number of thioether (sulfide) groups is 1. The first-order valence-electron chi connectivity index (χ1n) is 4.59. The summed E-state index contributed by atoms with van der Waals surface area (Å²) < 4.78 is 4.75. The second-order valence-corrected chi connectivity index (χ2v) is 4.72. The molecule has 0 heterocycles. The lowest BCUT2D eigenvalue weighted by molar-refractivity contribution is -0.144. The summed E-state index contributed by atoms with van der Waals surface area (Å²) in [6, 6.07) is -0.595. The number of nitrogens with two attached hydrogens (primary N) is 1. The molecule has 0 aromatic carbocycles. The van der Waals surface area contributed by atoms with E-state index in [-0.39, 0.29) is 5.97 Å². The molecule has 0 saturated carbocycles. The van der Waals surface area contributed by atoms with E-state index in [0.29, 0.717) is 18.1 Å². The molecule has 0 aromatic rings. The van der Waals surface area contributed by atoms with E-state index >= 15 is 0 Å². The molecule has 1 atom stereocenters. The molecule has 0 aliphatic rings. The van der Waals surface area contributed by atoms with E-state index in [1.165, 1.54) is 11.8 Å². The van der Waals surface area contributed by atoms with Crippen molar-refractivity contribution in [2.75, 3.05) is 18.1 Å². The molecule has 0 saturated heterocycles. The van der Waals surface area contributed by atoms with Gasteiger partial charge in [-0.15, -0.1) is 0 Å². The van der Waals surface area contributed by atoms with Gasteiger partial charge in [0, 0.05) is 11.5 Å². The van der Waals surface area contributed by atoms with Crippen molar-refractivity contribution in [2.45, 2.75) is 32.4 Å². The Morgan fingerprint density at radius 3 is 2.64 bits per heavy atom. The second kappa shape index (κ2) is 6.27. The molecule has 1 unspecified atom stereocenters. The van der Waals surface area contributed by atoms with Crippen molar-refractivity contribution >= 4 is 17.7 Å². The van der Waals surface area contributed by atoms with Crippen LogP contribution in [0.3, 0.4) is 0 Å². The van der Waals surface area contributed by atoms with Gasteiger partial charge >= 0.3 is 5.97 Å². The van der Waals surface area contributed by atoms with Crippen LogP contribution in [0.4, 0.5) is 0 Å². The fraction of sp³-hybridized carbons (Fsp3) is 0.889. The van der Waals surface area contributed by atoms with Crippen LogP contribution in [0.15, 0.2) is 0 Å². The first kappa shape index (κ1) is 13.7. The van der Waals surface area contributed by atoms with Crippen molar-refractivity contribution in [3.63, 3.8) is 0 Å². The number of ether oxygens (including phenoxy) is 1. The van der Waals surface area contributed by atoms with Gasteiger partial charge in [0.15, 0.2) is 0 Å². The highest BCUT2D eigenvalue weighted by molar-refractivity contribution is 7.99. The molecule has 0 bridgehead atoms. The molecule has 0 aliphatic heterocycles. The predicted molar refractivity (Wildman–Crippen MR) is 58.2 cm³/mol. The third-order valence-corrected chi connectivity index (χ3v) is 2.85. The summed E-state index contributed by atoms with van der Waals surface area (Å²) in [5, 5.41) is 9.39. The molecule has 0 aromatic heterocycles. The van der Waals surface area contributed by atoms with Gasteiger partial charge in [0.2, 0.25) is 0 Å². The maximum atomic E-state index is 11.1. The van der Waals surface area contributed by atoms with E-state index in [9.17, 15) is 9.90 Å². The lowest BCUT2D eigenvalue weighted by Gasteiger charge is -2.17. The van der Waals surface area contributed by atoms with E-state index in [2.05, 4.69) is 0 Å². The minimum atomic E-state index is -0.723. The molecule has 0 amide bonds. The van der Waals surface area contributed by atoms with Crippen molar-refractivity contribution in [2.24, 2.45) is 5.73 Å². The first-order valence-corrected chi connectivity index (χ1v) is 5.74. The highest BCUT2D eigenvalue weighted by Gasteiger charge is 2.17. The minimum Gasteiger partial charge on any atom is -0.465 e. The summed E-state index contributed by atoms with van der Waals surface area (Å²) in [4.78, 5) is 11.1. The maximum absolute atomic E-state index is 11.1. The van der Waals surface area contributed by atoms with Gasteiger partial charge in [-0.2, -0.15) is 11.8 Å². The summed E-state index contributed by atoms with van der Waals surface area (Å²) in [6.07, 6.45) is 0. The zero-order valence-electron chi connectivity index (χ0n) is 8.95. The summed E-state index contributed by atoms with van der Waals surface area (Å²) in [7, 11) is 0. The van der Waals surface area contributed by atoms with E-state index in [4.69, 9.17) is 10.5 Å². The number of carbonyl (C=O) groups excluding carboxylic acids is 1. The predicted octanol–water partition coefficient (Wildman–Crippen LogP) is 0.381. The van der Waals surface area contributed by atoms with Gasteiger partial charge in [-0.05, 0) is 20.8 Å². The Hall–Kier alpha value is -0.260. The van der Waals surface area contributed by atoms with Crippen LogP contribution in [-0.4, -0.2) is 40.8 Å². The van der Waals surface area contributed by atoms with Crippen LogP contribution in [0, 0.1) is 0 Å². The summed E-state index contributed by atoms with van der Waals surface area (Å²) in [5.74, 6) is 0.652. The van der Waals surface area contributed by atoms with Crippen LogP contribution >= 0.6 is 11.8 Å². The van der Waals surface area contributed by atoms with Crippen LogP contribution in [-0.2, 0) is 9.53 Å². The third kappa shape index (κ3) is 7.17. The molecular formula is C9H19NO3S. The van der Waals surface area contributed by atoms with Crippen molar-refractivity contribution < 1.29 is 14.6 Å². The smallest absolute Gasteiger partial charge is 0.323 e. The van der Waals surface area contributed by atoms with Crippen molar-refractivity contribution in [3.8, 4) is 0 Å². The van der Waals surface area contributed by atoms with Crippen molar-refractivity contribution in [3.05, 3.63) is 0 Å². The van der Waals surface area contributed by atoms with Crippen molar-refractivity contribution in [1.82, 2.24) is 0 Å². The quantitative estimate of drug-likeness (QED) is 0.634. The maximum Gasteiger partial charge on any atom is 0.323 e. The fourth-order valence-corrected chi connectivity index (χ4v) is 1.76. The van der Waals surface area contributed by atoms with Crippen molar-refractivity contribution in [1.29, 1.82) is 0 Å². The monoisotopic (exact) mass is 221 g/mol. The summed E-state index contributed by atoms with van der Waals surface area (Å²) in [6.45, 7) is 5.53. The number of hydrogen-bond donors (Lipinski definition) is 2. The standard InChI is InChI=1S/C9H19NO3S/c1-4-13-8(11)7(10)5-14-6-9(2,3)12/h7,12H,4-6,10H2,1-3H3. The molecule has 14 heavy (non-hydrogen) atoms. The highest BCUT2D eigenvalue weighted by Crippen LogP contribution is 2.12. The van der Waals surface area contributed by atoms with Crippen LogP contribution in [0.2, 0.25) is 0 Å². The Balaban J connectivity index is 3.63. The van der Waals surface area contributed by atoms with E-state index < -0.39 is 11.6 Å². The second-order valence-electron chi connectivity index (χ2n) is 3.69. The molecule has 84 valence electrons. The largest absolute Gasteiger partial charge is 0.465 e. The topological polar surface area (TPSA) is 72.5 Å². The minimum absolute atomic E-state index is 0.350. The Bertz CT molecular complexity index is 179. The number of aliphatic hydroxyl groups is 1. The fourth-order valence-electron chi connectivity index (χ4n) is 0.753. The Kier molecular flexibility index (Phi) is 6.15. The average Bonchev–Trinajstić information content (AvgIpc) is 2.02. The Morgan fingerprint density at radius 2 is 2.21 bits per heavy atom. The van der Waals surface area contributed by atoms with E-state index in [1.807, 2.05) is 0 Å². The normalized spacial score (nSPS) is 13.8. The molecule has 0 spiro atoms. The molecule has 0 radical (unpaired) electrons. The summed E-state index contributed by atoms with van der Waals surface area (Å²) in [5.41, 5.74) is 4.83. The molecule has 5 heteroatoms. The van der Waals surface area contributed by atoms with Gasteiger partial charge in [-0.25, -0.2) is 0 Å².